The Morgan fingerprint density at radius 3 is 2.50 bits per heavy atom. The molecule has 14 heavy (non-hydrogen) atoms. The summed E-state index contributed by atoms with van der Waals surface area (Å²) in [6.07, 6.45) is 0. The zero-order chi connectivity index (χ0) is 9.90. The van der Waals surface area contributed by atoms with Gasteiger partial charge >= 0.3 is 58.4 Å². The predicted octanol–water partition coefficient (Wildman–Crippen LogP) is -0.918. The summed E-state index contributed by atoms with van der Waals surface area (Å²) in [5, 5.41) is 2.96. The average Bonchev–Trinajstić information content (AvgIpc) is 2.04. The van der Waals surface area contributed by atoms with Crippen LogP contribution >= 0.6 is 0 Å². The second-order valence-corrected chi connectivity index (χ2v) is 2.18. The van der Waals surface area contributed by atoms with Gasteiger partial charge in [0.1, 0.15) is 5.82 Å². The van der Waals surface area contributed by atoms with Gasteiger partial charge in [-0.05, 0) is 22.3 Å². The maximum absolute atomic E-state index is 12.1. The molecule has 0 unspecified atom stereocenters. The normalized spacial score (nSPS) is 9.93. The molecule has 1 heterocycles. The summed E-state index contributed by atoms with van der Waals surface area (Å²) >= 11 is 0. The zero-order valence-corrected chi connectivity index (χ0v) is 10.4. The monoisotopic (exact) mass is 226 g/mol. The van der Waals surface area contributed by atoms with Crippen molar-refractivity contribution in [2.24, 2.45) is 5.11 Å². The Hall–Kier alpha value is -0.0487. The fraction of sp³-hybridized carbons (Fsp3) is 0. The molecule has 0 N–H and O–H groups in total. The van der Waals surface area contributed by atoms with Gasteiger partial charge in [-0.1, -0.05) is 12.1 Å². The van der Waals surface area contributed by atoms with Crippen LogP contribution in [0.5, 0.6) is 0 Å². The Morgan fingerprint density at radius 2 is 2.00 bits per heavy atom. The first-order chi connectivity index (χ1) is 6.04. The molecule has 4 nitrogen and oxygen atoms in total. The SMILES string of the molecule is [K+].[N-]=[N+]=Nc1cccc([B-](F)(F)F)n1. The van der Waals surface area contributed by atoms with Crippen molar-refractivity contribution < 1.29 is 64.3 Å². The van der Waals surface area contributed by atoms with Crippen molar-refractivity contribution in [3.05, 3.63) is 28.6 Å². The summed E-state index contributed by atoms with van der Waals surface area (Å²) in [6, 6.07) is 3.17. The van der Waals surface area contributed by atoms with Gasteiger partial charge in [-0.3, -0.25) is 4.98 Å². The molecule has 0 aliphatic carbocycles. The van der Waals surface area contributed by atoms with Crippen molar-refractivity contribution in [2.75, 3.05) is 0 Å². The Labute approximate surface area is 120 Å². The van der Waals surface area contributed by atoms with Crippen LogP contribution in [0, 0.1) is 0 Å². The van der Waals surface area contributed by atoms with E-state index in [2.05, 4.69) is 15.0 Å². The van der Waals surface area contributed by atoms with Crippen molar-refractivity contribution in [1.29, 1.82) is 0 Å². The Morgan fingerprint density at radius 1 is 1.36 bits per heavy atom. The Balaban J connectivity index is 0.00000169. The molecule has 0 atom stereocenters. The first kappa shape index (κ1) is 14.0. The molecule has 0 bridgehead atoms. The first-order valence-electron chi connectivity index (χ1n) is 3.26. The molecule has 0 aromatic carbocycles. The number of azide groups is 1. The molecule has 0 radical (unpaired) electrons. The number of pyridine rings is 1. The molecule has 68 valence electrons. The average molecular weight is 226 g/mol. The van der Waals surface area contributed by atoms with Gasteiger partial charge < -0.3 is 12.9 Å². The molecule has 0 aliphatic rings. The van der Waals surface area contributed by atoms with Crippen molar-refractivity contribution >= 4 is 18.4 Å². The number of rotatable bonds is 2. The van der Waals surface area contributed by atoms with Gasteiger partial charge in [-0.25, -0.2) is 0 Å². The van der Waals surface area contributed by atoms with Gasteiger partial charge in [-0.2, -0.15) is 0 Å². The van der Waals surface area contributed by atoms with Crippen LogP contribution in [0.3, 0.4) is 0 Å². The number of aromatic nitrogens is 1. The van der Waals surface area contributed by atoms with Crippen LogP contribution in [0.1, 0.15) is 0 Å². The molecule has 0 saturated heterocycles. The van der Waals surface area contributed by atoms with Gasteiger partial charge in [0.2, 0.25) is 0 Å². The van der Waals surface area contributed by atoms with Gasteiger partial charge in [0.15, 0.2) is 0 Å². The molecule has 9 heteroatoms. The summed E-state index contributed by atoms with van der Waals surface area (Å²) < 4.78 is 36.2. The number of hydrogen-bond acceptors (Lipinski definition) is 2. The van der Waals surface area contributed by atoms with E-state index in [4.69, 9.17) is 5.53 Å². The van der Waals surface area contributed by atoms with Crippen LogP contribution < -0.4 is 57.0 Å². The van der Waals surface area contributed by atoms with Gasteiger partial charge in [0, 0.05) is 4.91 Å². The summed E-state index contributed by atoms with van der Waals surface area (Å²) in [4.78, 5) is 5.45. The van der Waals surface area contributed by atoms with E-state index in [0.717, 1.165) is 12.1 Å². The quantitative estimate of drug-likeness (QED) is 0.278. The van der Waals surface area contributed by atoms with Crippen molar-refractivity contribution in [3.8, 4) is 0 Å². The van der Waals surface area contributed by atoms with Crippen LogP contribution in [0.4, 0.5) is 18.8 Å². The first-order valence-corrected chi connectivity index (χ1v) is 3.26. The fourth-order valence-corrected chi connectivity index (χ4v) is 0.723. The summed E-state index contributed by atoms with van der Waals surface area (Å²) in [5.41, 5.74) is 6.95. The fourth-order valence-electron chi connectivity index (χ4n) is 0.723. The number of hydrogen-bond donors (Lipinski definition) is 0. The third-order valence-corrected chi connectivity index (χ3v) is 1.24. The van der Waals surface area contributed by atoms with Crippen molar-refractivity contribution in [3.63, 3.8) is 0 Å². The van der Waals surface area contributed by atoms with E-state index in [-0.39, 0.29) is 57.2 Å². The van der Waals surface area contributed by atoms with E-state index in [1.807, 2.05) is 0 Å². The molecular formula is C5H3BF3KN4. The van der Waals surface area contributed by atoms with Crippen molar-refractivity contribution in [1.82, 2.24) is 4.98 Å². The smallest absolute Gasteiger partial charge is 0.444 e. The van der Waals surface area contributed by atoms with Crippen molar-refractivity contribution in [2.45, 2.75) is 0 Å². The molecular weight excluding hydrogens is 223 g/mol. The number of nitrogens with zero attached hydrogens (tertiary/aromatic N) is 4. The second-order valence-electron chi connectivity index (χ2n) is 2.18. The third-order valence-electron chi connectivity index (χ3n) is 1.24. The van der Waals surface area contributed by atoms with E-state index in [1.54, 1.807) is 0 Å². The van der Waals surface area contributed by atoms with Gasteiger partial charge in [-0.15, -0.1) is 0 Å². The number of halogens is 3. The van der Waals surface area contributed by atoms with E-state index >= 15 is 0 Å². The van der Waals surface area contributed by atoms with Crippen LogP contribution in [0.25, 0.3) is 10.4 Å². The predicted molar refractivity (Wildman–Crippen MR) is 41.8 cm³/mol. The largest absolute Gasteiger partial charge is 1.00 e. The molecule has 1 aromatic rings. The minimum absolute atomic E-state index is 0. The van der Waals surface area contributed by atoms with Crippen LogP contribution in [-0.4, -0.2) is 12.0 Å². The van der Waals surface area contributed by atoms with E-state index in [9.17, 15) is 12.9 Å². The Kier molecular flexibility index (Phi) is 5.72. The van der Waals surface area contributed by atoms with E-state index < -0.39 is 12.6 Å². The molecule has 0 fully saturated rings. The van der Waals surface area contributed by atoms with Gasteiger partial charge in [0.25, 0.3) is 0 Å². The third kappa shape index (κ3) is 3.99. The van der Waals surface area contributed by atoms with E-state index in [1.165, 1.54) is 6.07 Å². The minimum atomic E-state index is -5.13. The molecule has 1 rings (SSSR count). The summed E-state index contributed by atoms with van der Waals surface area (Å²) in [6.45, 7) is -5.13. The minimum Gasteiger partial charge on any atom is -0.444 e. The Bertz CT molecular complexity index is 362. The van der Waals surface area contributed by atoms with Crippen LogP contribution in [-0.2, 0) is 0 Å². The van der Waals surface area contributed by atoms with Crippen LogP contribution in [0.15, 0.2) is 23.3 Å². The second kappa shape index (κ2) is 5.74. The maximum atomic E-state index is 12.1. The summed E-state index contributed by atoms with van der Waals surface area (Å²) in [5.74, 6) is -0.279. The molecule has 0 aliphatic heterocycles. The topological polar surface area (TPSA) is 61.7 Å². The molecule has 0 saturated carbocycles. The maximum Gasteiger partial charge on any atom is 1.00 e. The molecule has 0 spiro atoms. The van der Waals surface area contributed by atoms with E-state index in [0.29, 0.717) is 0 Å². The van der Waals surface area contributed by atoms with Crippen LogP contribution in [0.2, 0.25) is 0 Å². The molecule has 1 aromatic heterocycles. The molecule has 0 amide bonds. The standard InChI is InChI=1S/C5H3BF3N4.K/c7-6(8,9)4-2-1-3-5(11-4)12-13-10;/h1-3H;/q-1;+1. The zero-order valence-electron chi connectivity index (χ0n) is 7.23. The summed E-state index contributed by atoms with van der Waals surface area (Å²) in [7, 11) is 0. The van der Waals surface area contributed by atoms with Gasteiger partial charge in [0.05, 0.1) is 0 Å².